The SMILES string of the molecule is COC(=O)CCNC(=O)/C=C\c1ccccc1Cl. The molecule has 1 rings (SSSR count). The van der Waals surface area contributed by atoms with E-state index in [-0.39, 0.29) is 24.8 Å². The molecule has 0 aliphatic rings. The van der Waals surface area contributed by atoms with Crippen molar-refractivity contribution < 1.29 is 14.3 Å². The normalized spacial score (nSPS) is 10.3. The zero-order valence-electron chi connectivity index (χ0n) is 9.98. The summed E-state index contributed by atoms with van der Waals surface area (Å²) in [6.07, 6.45) is 3.15. The van der Waals surface area contributed by atoms with Crippen LogP contribution in [0, 0.1) is 0 Å². The highest BCUT2D eigenvalue weighted by Gasteiger charge is 2.01. The van der Waals surface area contributed by atoms with E-state index < -0.39 is 0 Å². The molecule has 0 atom stereocenters. The Balaban J connectivity index is 2.41. The van der Waals surface area contributed by atoms with Crippen molar-refractivity contribution in [3.8, 4) is 0 Å². The highest BCUT2D eigenvalue weighted by Crippen LogP contribution is 2.15. The van der Waals surface area contributed by atoms with E-state index >= 15 is 0 Å². The second-order valence-corrected chi connectivity index (χ2v) is 3.88. The smallest absolute Gasteiger partial charge is 0.307 e. The van der Waals surface area contributed by atoms with Crippen molar-refractivity contribution in [2.24, 2.45) is 0 Å². The monoisotopic (exact) mass is 267 g/mol. The van der Waals surface area contributed by atoms with E-state index in [0.717, 1.165) is 5.56 Å². The van der Waals surface area contributed by atoms with E-state index in [1.165, 1.54) is 13.2 Å². The number of amides is 1. The van der Waals surface area contributed by atoms with Gasteiger partial charge in [-0.15, -0.1) is 0 Å². The summed E-state index contributed by atoms with van der Waals surface area (Å²) in [4.78, 5) is 22.2. The van der Waals surface area contributed by atoms with Crippen molar-refractivity contribution in [1.82, 2.24) is 5.32 Å². The fourth-order valence-electron chi connectivity index (χ4n) is 1.22. The molecule has 0 radical (unpaired) electrons. The Morgan fingerprint density at radius 2 is 2.11 bits per heavy atom. The summed E-state index contributed by atoms with van der Waals surface area (Å²) in [5.74, 6) is -0.635. The first-order chi connectivity index (χ1) is 8.63. The quantitative estimate of drug-likeness (QED) is 0.656. The van der Waals surface area contributed by atoms with Crippen molar-refractivity contribution in [3.63, 3.8) is 0 Å². The second kappa shape index (κ2) is 7.50. The molecule has 1 amide bonds. The van der Waals surface area contributed by atoms with Gasteiger partial charge < -0.3 is 10.1 Å². The van der Waals surface area contributed by atoms with Crippen LogP contribution in [0.3, 0.4) is 0 Å². The summed E-state index contributed by atoms with van der Waals surface area (Å²) in [6.45, 7) is 0.248. The van der Waals surface area contributed by atoms with E-state index in [1.54, 1.807) is 18.2 Å². The van der Waals surface area contributed by atoms with Gasteiger partial charge in [-0.3, -0.25) is 9.59 Å². The summed E-state index contributed by atoms with van der Waals surface area (Å²) >= 11 is 5.93. The van der Waals surface area contributed by atoms with Crippen LogP contribution in [0.4, 0.5) is 0 Å². The van der Waals surface area contributed by atoms with Crippen molar-refractivity contribution in [3.05, 3.63) is 40.9 Å². The number of methoxy groups -OCH3 is 1. The Bertz CT molecular complexity index is 457. The largest absolute Gasteiger partial charge is 0.469 e. The maximum Gasteiger partial charge on any atom is 0.307 e. The van der Waals surface area contributed by atoms with Gasteiger partial charge in [0.2, 0.25) is 5.91 Å². The molecule has 0 bridgehead atoms. The van der Waals surface area contributed by atoms with Crippen LogP contribution >= 0.6 is 11.6 Å². The van der Waals surface area contributed by atoms with Crippen LogP contribution in [-0.2, 0) is 14.3 Å². The molecule has 0 aliphatic heterocycles. The molecule has 0 spiro atoms. The summed E-state index contributed by atoms with van der Waals surface area (Å²) in [6, 6.07) is 7.20. The number of benzene rings is 1. The van der Waals surface area contributed by atoms with Crippen LogP contribution < -0.4 is 5.32 Å². The number of hydrogen-bond donors (Lipinski definition) is 1. The minimum atomic E-state index is -0.356. The predicted octanol–water partition coefficient (Wildman–Crippen LogP) is 2.03. The average Bonchev–Trinajstić information content (AvgIpc) is 2.37. The number of rotatable bonds is 5. The van der Waals surface area contributed by atoms with E-state index in [9.17, 15) is 9.59 Å². The van der Waals surface area contributed by atoms with Gasteiger partial charge in [-0.2, -0.15) is 0 Å². The molecule has 4 nitrogen and oxygen atoms in total. The molecule has 1 aromatic carbocycles. The molecule has 5 heteroatoms. The molecule has 0 saturated heterocycles. The Kier molecular flexibility index (Phi) is 5.94. The number of esters is 1. The number of halogens is 1. The molecule has 0 aromatic heterocycles. The molecule has 0 unspecified atom stereocenters. The van der Waals surface area contributed by atoms with E-state index in [2.05, 4.69) is 10.1 Å². The van der Waals surface area contributed by atoms with Crippen molar-refractivity contribution in [2.75, 3.05) is 13.7 Å². The molecule has 0 saturated carbocycles. The molecular weight excluding hydrogens is 254 g/mol. The van der Waals surface area contributed by atoms with Gasteiger partial charge in [0.15, 0.2) is 0 Å². The molecule has 96 valence electrons. The Morgan fingerprint density at radius 1 is 1.39 bits per heavy atom. The molecule has 1 N–H and O–H groups in total. The number of carbonyl (C=O) groups is 2. The number of nitrogens with one attached hydrogen (secondary N) is 1. The van der Waals surface area contributed by atoms with Gasteiger partial charge >= 0.3 is 5.97 Å². The van der Waals surface area contributed by atoms with Crippen LogP contribution in [-0.4, -0.2) is 25.5 Å². The topological polar surface area (TPSA) is 55.4 Å². The standard InChI is InChI=1S/C13H14ClNO3/c1-18-13(17)8-9-15-12(16)7-6-10-4-2-3-5-11(10)14/h2-7H,8-9H2,1H3,(H,15,16)/b7-6-. The van der Waals surface area contributed by atoms with Gasteiger partial charge in [0, 0.05) is 17.6 Å². The minimum absolute atomic E-state index is 0.155. The van der Waals surface area contributed by atoms with E-state index in [0.29, 0.717) is 5.02 Å². The third-order valence-electron chi connectivity index (χ3n) is 2.18. The first-order valence-electron chi connectivity index (χ1n) is 5.40. The minimum Gasteiger partial charge on any atom is -0.469 e. The first-order valence-corrected chi connectivity index (χ1v) is 5.78. The van der Waals surface area contributed by atoms with Crippen molar-refractivity contribution >= 4 is 29.6 Å². The molecular formula is C13H14ClNO3. The summed E-state index contributed by atoms with van der Waals surface area (Å²) in [7, 11) is 1.31. The molecule has 0 fully saturated rings. The highest BCUT2D eigenvalue weighted by molar-refractivity contribution is 6.32. The van der Waals surface area contributed by atoms with E-state index in [1.807, 2.05) is 12.1 Å². The van der Waals surface area contributed by atoms with Crippen LogP contribution in [0.5, 0.6) is 0 Å². The Hall–Kier alpha value is -1.81. The lowest BCUT2D eigenvalue weighted by molar-refractivity contribution is -0.140. The van der Waals surface area contributed by atoms with Gasteiger partial charge in [0.1, 0.15) is 0 Å². The highest BCUT2D eigenvalue weighted by atomic mass is 35.5. The molecule has 1 aromatic rings. The fraction of sp³-hybridized carbons (Fsp3) is 0.231. The molecule has 0 heterocycles. The number of ether oxygens (including phenoxy) is 1. The molecule has 18 heavy (non-hydrogen) atoms. The van der Waals surface area contributed by atoms with Gasteiger partial charge in [0.25, 0.3) is 0 Å². The molecule has 0 aliphatic carbocycles. The summed E-state index contributed by atoms with van der Waals surface area (Å²) in [5, 5.41) is 3.15. The van der Waals surface area contributed by atoms with Gasteiger partial charge in [0.05, 0.1) is 13.5 Å². The van der Waals surface area contributed by atoms with Crippen molar-refractivity contribution in [2.45, 2.75) is 6.42 Å². The fourth-order valence-corrected chi connectivity index (χ4v) is 1.42. The third kappa shape index (κ3) is 5.01. The lowest BCUT2D eigenvalue weighted by atomic mass is 10.2. The van der Waals surface area contributed by atoms with Gasteiger partial charge in [-0.1, -0.05) is 29.8 Å². The zero-order chi connectivity index (χ0) is 13.4. The average molecular weight is 268 g/mol. The predicted molar refractivity (Wildman–Crippen MR) is 70.1 cm³/mol. The summed E-state index contributed by atoms with van der Waals surface area (Å²) < 4.78 is 4.45. The lowest BCUT2D eigenvalue weighted by Gasteiger charge is -2.01. The van der Waals surface area contributed by atoms with Crippen molar-refractivity contribution in [1.29, 1.82) is 0 Å². The Labute approximate surface area is 111 Å². The van der Waals surface area contributed by atoms with Crippen LogP contribution in [0.25, 0.3) is 6.08 Å². The van der Waals surface area contributed by atoms with Crippen LogP contribution in [0.15, 0.2) is 30.3 Å². The summed E-state index contributed by atoms with van der Waals surface area (Å²) in [5.41, 5.74) is 0.766. The van der Waals surface area contributed by atoms with Gasteiger partial charge in [-0.05, 0) is 17.7 Å². The maximum atomic E-state index is 11.4. The maximum absolute atomic E-state index is 11.4. The van der Waals surface area contributed by atoms with E-state index in [4.69, 9.17) is 11.6 Å². The van der Waals surface area contributed by atoms with Crippen LogP contribution in [0.2, 0.25) is 5.02 Å². The lowest BCUT2D eigenvalue weighted by Crippen LogP contribution is -2.24. The second-order valence-electron chi connectivity index (χ2n) is 3.47. The van der Waals surface area contributed by atoms with Gasteiger partial charge in [-0.25, -0.2) is 0 Å². The third-order valence-corrected chi connectivity index (χ3v) is 2.52. The van der Waals surface area contributed by atoms with Crippen LogP contribution in [0.1, 0.15) is 12.0 Å². The number of hydrogen-bond acceptors (Lipinski definition) is 3. The Morgan fingerprint density at radius 3 is 2.78 bits per heavy atom. The zero-order valence-corrected chi connectivity index (χ0v) is 10.7. The first kappa shape index (κ1) is 14.3. The number of carbonyl (C=O) groups excluding carboxylic acids is 2.